The average Bonchev–Trinajstić information content (AvgIpc) is 2.53. The lowest BCUT2D eigenvalue weighted by molar-refractivity contribution is 0.602. The monoisotopic (exact) mass is 361 g/mol. The molecule has 2 N–H and O–H groups in total. The van der Waals surface area contributed by atoms with E-state index in [-0.39, 0.29) is 4.90 Å². The van der Waals surface area contributed by atoms with Crippen LogP contribution in [0.1, 0.15) is 18.7 Å². The highest BCUT2D eigenvalue weighted by molar-refractivity contribution is 7.90. The zero-order valence-electron chi connectivity index (χ0n) is 13.2. The molecule has 124 valence electrons. The zero-order valence-corrected chi connectivity index (χ0v) is 14.8. The molecule has 0 fully saturated rings. The Bertz CT molecular complexity index is 1030. The van der Waals surface area contributed by atoms with Gasteiger partial charge in [0.1, 0.15) is 5.52 Å². The molecule has 0 unspecified atom stereocenters. The molecule has 0 radical (unpaired) electrons. The Morgan fingerprint density at radius 3 is 2.46 bits per heavy atom. The molecule has 0 amide bonds. The van der Waals surface area contributed by atoms with Gasteiger partial charge >= 0.3 is 0 Å². The van der Waals surface area contributed by atoms with Gasteiger partial charge in [0.15, 0.2) is 9.84 Å². The molecule has 0 aliphatic rings. The molecule has 0 spiro atoms. The van der Waals surface area contributed by atoms with E-state index in [9.17, 15) is 8.42 Å². The second-order valence-corrected chi connectivity index (χ2v) is 8.01. The van der Waals surface area contributed by atoms with Gasteiger partial charge in [-0.1, -0.05) is 35.9 Å². The number of rotatable bonds is 3. The summed E-state index contributed by atoms with van der Waals surface area (Å²) >= 11 is 6.23. The van der Waals surface area contributed by atoms with E-state index in [1.54, 1.807) is 49.4 Å². The van der Waals surface area contributed by atoms with E-state index in [0.29, 0.717) is 33.0 Å². The molecule has 7 heteroatoms. The summed E-state index contributed by atoms with van der Waals surface area (Å²) in [6.07, 6.45) is 1.17. The van der Waals surface area contributed by atoms with Crippen LogP contribution in [-0.2, 0) is 9.84 Å². The molecule has 0 saturated heterocycles. The number of hydrogen-bond acceptors (Lipinski definition) is 5. The van der Waals surface area contributed by atoms with Gasteiger partial charge in [0, 0.05) is 17.9 Å². The third-order valence-electron chi connectivity index (χ3n) is 3.65. The Morgan fingerprint density at radius 2 is 1.79 bits per heavy atom. The van der Waals surface area contributed by atoms with Crippen molar-refractivity contribution in [3.05, 3.63) is 53.2 Å². The maximum Gasteiger partial charge on any atom is 0.176 e. The van der Waals surface area contributed by atoms with Crippen molar-refractivity contribution in [2.24, 2.45) is 5.73 Å². The molecule has 24 heavy (non-hydrogen) atoms. The van der Waals surface area contributed by atoms with Crippen molar-refractivity contribution in [1.82, 2.24) is 9.97 Å². The smallest absolute Gasteiger partial charge is 0.176 e. The fourth-order valence-electron chi connectivity index (χ4n) is 2.56. The van der Waals surface area contributed by atoms with Gasteiger partial charge < -0.3 is 5.73 Å². The molecule has 0 bridgehead atoms. The standard InChI is InChI=1S/C17H16ClN3O2S/c1-10(19)15-16(11-6-3-4-9-14(11)24(2,22)23)21-17-12(18)7-5-8-13(17)20-15/h3-10H,19H2,1-2H3/t10-/m0/s1. The second-order valence-electron chi connectivity index (χ2n) is 5.62. The first-order chi connectivity index (χ1) is 11.3. The maximum absolute atomic E-state index is 12.1. The van der Waals surface area contributed by atoms with Gasteiger partial charge in [-0.3, -0.25) is 0 Å². The fourth-order valence-corrected chi connectivity index (χ4v) is 3.66. The van der Waals surface area contributed by atoms with E-state index in [1.165, 1.54) is 6.26 Å². The van der Waals surface area contributed by atoms with Gasteiger partial charge in [-0.15, -0.1) is 0 Å². The fraction of sp³-hybridized carbons (Fsp3) is 0.176. The molecule has 0 aliphatic heterocycles. The van der Waals surface area contributed by atoms with Gasteiger partial charge in [-0.05, 0) is 25.1 Å². The normalized spacial score (nSPS) is 13.2. The number of halogens is 1. The number of nitrogens with two attached hydrogens (primary N) is 1. The Morgan fingerprint density at radius 1 is 1.08 bits per heavy atom. The minimum Gasteiger partial charge on any atom is -0.323 e. The van der Waals surface area contributed by atoms with Crippen LogP contribution in [0.5, 0.6) is 0 Å². The van der Waals surface area contributed by atoms with Crippen molar-refractivity contribution in [2.75, 3.05) is 6.26 Å². The molecule has 1 aromatic heterocycles. The summed E-state index contributed by atoms with van der Waals surface area (Å²) in [5.41, 5.74) is 8.63. The van der Waals surface area contributed by atoms with Gasteiger partial charge in [-0.25, -0.2) is 18.4 Å². The van der Waals surface area contributed by atoms with Gasteiger partial charge in [0.25, 0.3) is 0 Å². The largest absolute Gasteiger partial charge is 0.323 e. The van der Waals surface area contributed by atoms with E-state index in [2.05, 4.69) is 9.97 Å². The third kappa shape index (κ3) is 3.00. The van der Waals surface area contributed by atoms with Crippen molar-refractivity contribution < 1.29 is 8.42 Å². The summed E-state index contributed by atoms with van der Waals surface area (Å²) in [5.74, 6) is 0. The lowest BCUT2D eigenvalue weighted by atomic mass is 10.1. The molecule has 3 aromatic rings. The van der Waals surface area contributed by atoms with Crippen LogP contribution in [0.15, 0.2) is 47.4 Å². The quantitative estimate of drug-likeness (QED) is 0.772. The van der Waals surface area contributed by atoms with Crippen molar-refractivity contribution in [2.45, 2.75) is 17.9 Å². The predicted molar refractivity (Wildman–Crippen MR) is 95.7 cm³/mol. The highest BCUT2D eigenvalue weighted by Crippen LogP contribution is 2.32. The van der Waals surface area contributed by atoms with Crippen LogP contribution in [-0.4, -0.2) is 24.6 Å². The first kappa shape index (κ1) is 16.8. The number of para-hydroxylation sites is 1. The Hall–Kier alpha value is -2.02. The number of aromatic nitrogens is 2. The van der Waals surface area contributed by atoms with E-state index in [4.69, 9.17) is 17.3 Å². The van der Waals surface area contributed by atoms with Crippen LogP contribution in [0.3, 0.4) is 0 Å². The van der Waals surface area contributed by atoms with Gasteiger partial charge in [0.2, 0.25) is 0 Å². The SMILES string of the molecule is C[C@H](N)c1nc2cccc(Cl)c2nc1-c1ccccc1S(C)(=O)=O. The highest BCUT2D eigenvalue weighted by Gasteiger charge is 2.21. The lowest BCUT2D eigenvalue weighted by Gasteiger charge is -2.15. The first-order valence-electron chi connectivity index (χ1n) is 7.30. The first-order valence-corrected chi connectivity index (χ1v) is 9.57. The number of nitrogens with zero attached hydrogens (tertiary/aromatic N) is 2. The van der Waals surface area contributed by atoms with Crippen molar-refractivity contribution in [3.8, 4) is 11.3 Å². The van der Waals surface area contributed by atoms with E-state index in [1.807, 2.05) is 0 Å². The molecule has 0 saturated carbocycles. The topological polar surface area (TPSA) is 85.9 Å². The second kappa shape index (κ2) is 6.12. The van der Waals surface area contributed by atoms with E-state index < -0.39 is 15.9 Å². The van der Waals surface area contributed by atoms with Crippen molar-refractivity contribution in [1.29, 1.82) is 0 Å². The highest BCUT2D eigenvalue weighted by atomic mass is 35.5. The maximum atomic E-state index is 12.1. The van der Waals surface area contributed by atoms with Crippen molar-refractivity contribution in [3.63, 3.8) is 0 Å². The Kier molecular flexibility index (Phi) is 4.29. The van der Waals surface area contributed by atoms with Crippen LogP contribution in [0, 0.1) is 0 Å². The van der Waals surface area contributed by atoms with Crippen LogP contribution in [0.2, 0.25) is 5.02 Å². The van der Waals surface area contributed by atoms with Gasteiger partial charge in [-0.2, -0.15) is 0 Å². The van der Waals surface area contributed by atoms with Crippen LogP contribution < -0.4 is 5.73 Å². The number of benzene rings is 2. The third-order valence-corrected chi connectivity index (χ3v) is 5.11. The summed E-state index contributed by atoms with van der Waals surface area (Å²) in [5, 5.41) is 0.453. The molecular formula is C17H16ClN3O2S. The molecule has 3 rings (SSSR count). The molecular weight excluding hydrogens is 346 g/mol. The average molecular weight is 362 g/mol. The van der Waals surface area contributed by atoms with Crippen LogP contribution in [0.25, 0.3) is 22.3 Å². The number of hydrogen-bond donors (Lipinski definition) is 1. The van der Waals surface area contributed by atoms with Gasteiger partial charge in [0.05, 0.1) is 26.8 Å². The Labute approximate surface area is 145 Å². The predicted octanol–water partition coefficient (Wildman–Crippen LogP) is 3.37. The number of sulfone groups is 1. The summed E-state index contributed by atoms with van der Waals surface area (Å²) in [6, 6.07) is 11.6. The van der Waals surface area contributed by atoms with Crippen molar-refractivity contribution >= 4 is 32.5 Å². The Balaban J connectivity index is 2.42. The minimum absolute atomic E-state index is 0.188. The molecule has 2 aromatic carbocycles. The van der Waals surface area contributed by atoms with E-state index >= 15 is 0 Å². The molecule has 0 aliphatic carbocycles. The van der Waals surface area contributed by atoms with Crippen LogP contribution in [0.4, 0.5) is 0 Å². The molecule has 1 heterocycles. The summed E-state index contributed by atoms with van der Waals surface area (Å²) < 4.78 is 24.3. The summed E-state index contributed by atoms with van der Waals surface area (Å²) in [7, 11) is -3.43. The minimum atomic E-state index is -3.43. The summed E-state index contributed by atoms with van der Waals surface area (Å²) in [4.78, 5) is 9.36. The molecule has 5 nitrogen and oxygen atoms in total. The van der Waals surface area contributed by atoms with E-state index in [0.717, 1.165) is 0 Å². The summed E-state index contributed by atoms with van der Waals surface area (Å²) in [6.45, 7) is 1.78. The lowest BCUT2D eigenvalue weighted by Crippen LogP contribution is -2.12. The molecule has 1 atom stereocenters. The zero-order chi connectivity index (χ0) is 17.5. The van der Waals surface area contributed by atoms with Crippen LogP contribution >= 0.6 is 11.6 Å². The number of fused-ring (bicyclic) bond motifs is 1.